The Morgan fingerprint density at radius 1 is 1.57 bits per heavy atom. The minimum Gasteiger partial charge on any atom is -0.508 e. The number of benzene rings is 1. The summed E-state index contributed by atoms with van der Waals surface area (Å²) in [4.78, 5) is 0. The van der Waals surface area contributed by atoms with Gasteiger partial charge < -0.3 is 14.8 Å². The third-order valence-corrected chi connectivity index (χ3v) is 2.77. The Kier molecular flexibility index (Phi) is 2.43. The zero-order chi connectivity index (χ0) is 10.3. The number of rotatable bonds is 1. The first-order valence-corrected chi connectivity index (χ1v) is 4.87. The van der Waals surface area contributed by atoms with Crippen LogP contribution in [0.4, 0.5) is 0 Å². The number of hydrogen-bond acceptors (Lipinski definition) is 3. The van der Waals surface area contributed by atoms with E-state index in [2.05, 4.69) is 0 Å². The van der Waals surface area contributed by atoms with Gasteiger partial charge in [0, 0.05) is 16.0 Å². The number of phenols is 1. The van der Waals surface area contributed by atoms with Gasteiger partial charge >= 0.3 is 7.12 Å². The Labute approximate surface area is 87.4 Å². The van der Waals surface area contributed by atoms with Crippen LogP contribution in [0.5, 0.6) is 5.75 Å². The monoisotopic (exact) mass is 212 g/mol. The van der Waals surface area contributed by atoms with Crippen molar-refractivity contribution in [3.05, 3.63) is 22.7 Å². The van der Waals surface area contributed by atoms with Gasteiger partial charge in [0.1, 0.15) is 5.75 Å². The van der Waals surface area contributed by atoms with Crippen LogP contribution in [0.3, 0.4) is 0 Å². The zero-order valence-electron chi connectivity index (χ0n) is 7.70. The van der Waals surface area contributed by atoms with E-state index < -0.39 is 7.12 Å². The second-order valence-electron chi connectivity index (χ2n) is 3.28. The van der Waals surface area contributed by atoms with Gasteiger partial charge in [-0.3, -0.25) is 0 Å². The topological polar surface area (TPSA) is 49.7 Å². The van der Waals surface area contributed by atoms with Crippen LogP contribution < -0.4 is 5.46 Å². The van der Waals surface area contributed by atoms with Crippen LogP contribution >= 0.6 is 11.6 Å². The lowest BCUT2D eigenvalue weighted by Crippen LogP contribution is -2.28. The summed E-state index contributed by atoms with van der Waals surface area (Å²) in [6, 6.07) is 3.07. The van der Waals surface area contributed by atoms with Gasteiger partial charge in [-0.15, -0.1) is 0 Å². The SMILES string of the molecule is CC[C@H]1OB(O)c2c(O)ccc(Cl)c21. The number of halogens is 1. The van der Waals surface area contributed by atoms with Gasteiger partial charge in [0.2, 0.25) is 0 Å². The van der Waals surface area contributed by atoms with Gasteiger partial charge in [0.15, 0.2) is 0 Å². The highest BCUT2D eigenvalue weighted by Crippen LogP contribution is 2.34. The molecule has 14 heavy (non-hydrogen) atoms. The molecule has 1 atom stereocenters. The molecule has 0 unspecified atom stereocenters. The van der Waals surface area contributed by atoms with Crippen molar-refractivity contribution in [2.45, 2.75) is 19.4 Å². The van der Waals surface area contributed by atoms with E-state index >= 15 is 0 Å². The van der Waals surface area contributed by atoms with Crippen molar-refractivity contribution in [3.8, 4) is 5.75 Å². The molecule has 0 saturated heterocycles. The zero-order valence-corrected chi connectivity index (χ0v) is 8.45. The van der Waals surface area contributed by atoms with Crippen LogP contribution in [0.25, 0.3) is 0 Å². The first kappa shape index (κ1) is 9.83. The molecule has 0 spiro atoms. The molecule has 3 nitrogen and oxygen atoms in total. The highest BCUT2D eigenvalue weighted by atomic mass is 35.5. The van der Waals surface area contributed by atoms with Gasteiger partial charge in [0.05, 0.1) is 6.10 Å². The predicted molar refractivity (Wildman–Crippen MR) is 54.8 cm³/mol. The van der Waals surface area contributed by atoms with Crippen molar-refractivity contribution in [2.75, 3.05) is 0 Å². The molecule has 0 aromatic heterocycles. The summed E-state index contributed by atoms with van der Waals surface area (Å²) in [7, 11) is -1.06. The summed E-state index contributed by atoms with van der Waals surface area (Å²) >= 11 is 5.98. The molecule has 1 aromatic rings. The molecule has 2 N–H and O–H groups in total. The molecule has 0 aliphatic carbocycles. The van der Waals surface area contributed by atoms with E-state index in [-0.39, 0.29) is 11.9 Å². The maximum atomic E-state index is 9.55. The van der Waals surface area contributed by atoms with E-state index in [0.717, 1.165) is 0 Å². The second kappa shape index (κ2) is 3.46. The third kappa shape index (κ3) is 1.30. The quantitative estimate of drug-likeness (QED) is 0.688. The maximum Gasteiger partial charge on any atom is 0.495 e. The molecule has 1 aliphatic heterocycles. The van der Waals surface area contributed by atoms with Gasteiger partial charge in [0.25, 0.3) is 0 Å². The second-order valence-corrected chi connectivity index (χ2v) is 3.69. The van der Waals surface area contributed by atoms with Crippen molar-refractivity contribution in [2.24, 2.45) is 0 Å². The average Bonchev–Trinajstić information content (AvgIpc) is 2.50. The van der Waals surface area contributed by atoms with Gasteiger partial charge in [-0.1, -0.05) is 18.5 Å². The van der Waals surface area contributed by atoms with Crippen LogP contribution in [0.1, 0.15) is 25.0 Å². The smallest absolute Gasteiger partial charge is 0.495 e. The maximum absolute atomic E-state index is 9.55. The van der Waals surface area contributed by atoms with Crippen LogP contribution in [0, 0.1) is 0 Å². The van der Waals surface area contributed by atoms with Crippen LogP contribution in [-0.4, -0.2) is 17.2 Å². The Morgan fingerprint density at radius 2 is 2.29 bits per heavy atom. The summed E-state index contributed by atoms with van der Waals surface area (Å²) in [6.07, 6.45) is 0.493. The molecule has 74 valence electrons. The van der Waals surface area contributed by atoms with Crippen molar-refractivity contribution < 1.29 is 14.8 Å². The molecule has 0 fully saturated rings. The number of phenolic OH excluding ortho intramolecular Hbond substituents is 1. The molecule has 5 heteroatoms. The lowest BCUT2D eigenvalue weighted by atomic mass is 9.78. The van der Waals surface area contributed by atoms with Crippen molar-refractivity contribution >= 4 is 24.2 Å². The summed E-state index contributed by atoms with van der Waals surface area (Å²) in [5, 5.41) is 19.6. The van der Waals surface area contributed by atoms with Crippen molar-refractivity contribution in [1.82, 2.24) is 0 Å². The lowest BCUT2D eigenvalue weighted by Gasteiger charge is -2.10. The lowest BCUT2D eigenvalue weighted by molar-refractivity contribution is 0.186. The molecule has 0 radical (unpaired) electrons. The van der Waals surface area contributed by atoms with Crippen LogP contribution in [-0.2, 0) is 4.65 Å². The largest absolute Gasteiger partial charge is 0.508 e. The molecule has 0 saturated carbocycles. The minimum atomic E-state index is -1.06. The molecular formula is C9H10BClO3. The Balaban J connectivity index is 2.60. The molecular weight excluding hydrogens is 202 g/mol. The third-order valence-electron chi connectivity index (χ3n) is 2.44. The first-order chi connectivity index (χ1) is 6.65. The van der Waals surface area contributed by atoms with E-state index in [0.29, 0.717) is 22.5 Å². The molecule has 0 amide bonds. The van der Waals surface area contributed by atoms with Gasteiger partial charge in [-0.25, -0.2) is 0 Å². The molecule has 1 aliphatic rings. The van der Waals surface area contributed by atoms with Crippen molar-refractivity contribution in [3.63, 3.8) is 0 Å². The highest BCUT2D eigenvalue weighted by molar-refractivity contribution is 6.63. The Morgan fingerprint density at radius 3 is 2.93 bits per heavy atom. The summed E-state index contributed by atoms with van der Waals surface area (Å²) in [5.74, 6) is 0.0350. The molecule has 1 heterocycles. The fourth-order valence-electron chi connectivity index (χ4n) is 1.78. The fourth-order valence-corrected chi connectivity index (χ4v) is 2.06. The minimum absolute atomic E-state index is 0.0350. The van der Waals surface area contributed by atoms with Crippen LogP contribution in [0.2, 0.25) is 5.02 Å². The van der Waals surface area contributed by atoms with E-state index in [1.807, 2.05) is 6.92 Å². The fraction of sp³-hybridized carbons (Fsp3) is 0.333. The average molecular weight is 212 g/mol. The van der Waals surface area contributed by atoms with E-state index in [1.54, 1.807) is 6.07 Å². The van der Waals surface area contributed by atoms with Crippen molar-refractivity contribution in [1.29, 1.82) is 0 Å². The standard InChI is InChI=1S/C9H10BClO3/c1-2-7-8-5(11)3-4-6(12)9(8)10(13)14-7/h3-4,7,12-13H,2H2,1H3/t7-/m1/s1. The molecule has 2 rings (SSSR count). The summed E-state index contributed by atoms with van der Waals surface area (Å²) in [6.45, 7) is 1.94. The molecule has 1 aromatic carbocycles. The van der Waals surface area contributed by atoms with Gasteiger partial charge in [-0.2, -0.15) is 0 Å². The van der Waals surface area contributed by atoms with Crippen LogP contribution in [0.15, 0.2) is 12.1 Å². The Bertz CT molecular complexity index is 369. The first-order valence-electron chi connectivity index (χ1n) is 4.50. The predicted octanol–water partition coefficient (Wildman–Crippen LogP) is 1.21. The number of hydrogen-bond donors (Lipinski definition) is 2. The van der Waals surface area contributed by atoms with E-state index in [9.17, 15) is 10.1 Å². The summed E-state index contributed by atoms with van der Waals surface area (Å²) in [5.41, 5.74) is 1.12. The highest BCUT2D eigenvalue weighted by Gasteiger charge is 2.38. The normalized spacial score (nSPS) is 19.9. The van der Waals surface area contributed by atoms with Gasteiger partial charge in [-0.05, 0) is 18.6 Å². The number of fused-ring (bicyclic) bond motifs is 1. The van der Waals surface area contributed by atoms with E-state index in [1.165, 1.54) is 6.07 Å². The molecule has 0 bridgehead atoms. The van der Waals surface area contributed by atoms with E-state index in [4.69, 9.17) is 16.3 Å². The number of aromatic hydroxyl groups is 1. The summed E-state index contributed by atoms with van der Waals surface area (Å²) < 4.78 is 5.25. The Hall–Kier alpha value is -0.705.